The van der Waals surface area contributed by atoms with E-state index in [-0.39, 0.29) is 19.1 Å². The zero-order chi connectivity index (χ0) is 18.5. The number of aliphatic carboxylic acids is 1. The smallest absolute Gasteiger partial charge is 0.410 e. The van der Waals surface area contributed by atoms with E-state index >= 15 is 0 Å². The van der Waals surface area contributed by atoms with Crippen molar-refractivity contribution in [2.45, 2.75) is 45.6 Å². The van der Waals surface area contributed by atoms with Gasteiger partial charge in [0.2, 0.25) is 0 Å². The minimum atomic E-state index is -3.48. The van der Waals surface area contributed by atoms with E-state index in [4.69, 9.17) is 4.74 Å². The van der Waals surface area contributed by atoms with Crippen LogP contribution in [0.2, 0.25) is 0 Å². The number of amides is 1. The molecule has 9 heteroatoms. The fourth-order valence-electron chi connectivity index (χ4n) is 2.67. The topological polar surface area (TPSA) is 110 Å². The maximum atomic E-state index is 12.1. The number of carboxylic acids is 1. The fourth-order valence-corrected chi connectivity index (χ4v) is 3.09. The summed E-state index contributed by atoms with van der Waals surface area (Å²) in [4.78, 5) is 25.0. The van der Waals surface area contributed by atoms with Gasteiger partial charge in [-0.2, -0.15) is 8.42 Å². The third kappa shape index (κ3) is 7.48. The first kappa shape index (κ1) is 20.7. The normalized spacial score (nSPS) is 22.2. The summed E-state index contributed by atoms with van der Waals surface area (Å²) in [5, 5.41) is 9.42. The molecule has 1 heterocycles. The molecule has 1 N–H and O–H groups in total. The lowest BCUT2D eigenvalue weighted by atomic mass is 9.82. The summed E-state index contributed by atoms with van der Waals surface area (Å²) in [6, 6.07) is 0. The van der Waals surface area contributed by atoms with Crippen molar-refractivity contribution in [3.05, 3.63) is 0 Å². The van der Waals surface area contributed by atoms with Crippen LogP contribution in [-0.2, 0) is 23.8 Å². The Morgan fingerprint density at radius 2 is 1.92 bits per heavy atom. The Kier molecular flexibility index (Phi) is 7.03. The van der Waals surface area contributed by atoms with Gasteiger partial charge in [-0.25, -0.2) is 4.79 Å². The Morgan fingerprint density at radius 3 is 2.42 bits per heavy atom. The number of rotatable bonds is 6. The number of carbonyl (C=O) groups is 2. The molecule has 1 saturated heterocycles. The van der Waals surface area contributed by atoms with Crippen molar-refractivity contribution in [3.63, 3.8) is 0 Å². The lowest BCUT2D eigenvalue weighted by Gasteiger charge is -2.37. The number of piperidine rings is 1. The van der Waals surface area contributed by atoms with Crippen LogP contribution in [0.5, 0.6) is 0 Å². The molecule has 0 aromatic heterocycles. The van der Waals surface area contributed by atoms with Crippen molar-refractivity contribution < 1.29 is 32.0 Å². The van der Waals surface area contributed by atoms with Crippen LogP contribution < -0.4 is 0 Å². The summed E-state index contributed by atoms with van der Waals surface area (Å²) in [5.74, 6) is -1.77. The Bertz CT molecular complexity index is 553. The summed E-state index contributed by atoms with van der Waals surface area (Å²) in [7, 11) is -3.48. The van der Waals surface area contributed by atoms with Crippen LogP contribution in [0.25, 0.3) is 0 Å². The number of nitrogens with zero attached hydrogens (tertiary/aromatic N) is 1. The number of carboxylic acid groups (broad SMARTS) is 1. The Balaban J connectivity index is 2.56. The van der Waals surface area contributed by atoms with Gasteiger partial charge in [-0.15, -0.1) is 0 Å². The number of ether oxygens (including phenoxy) is 1. The first-order valence-electron chi connectivity index (χ1n) is 7.94. The van der Waals surface area contributed by atoms with Crippen molar-refractivity contribution in [1.29, 1.82) is 0 Å². The molecule has 1 amide bonds. The molecule has 24 heavy (non-hydrogen) atoms. The molecule has 0 aliphatic carbocycles. The van der Waals surface area contributed by atoms with Crippen molar-refractivity contribution in [2.24, 2.45) is 11.8 Å². The summed E-state index contributed by atoms with van der Waals surface area (Å²) in [5.41, 5.74) is -0.629. The van der Waals surface area contributed by atoms with E-state index < -0.39 is 33.7 Å². The molecular formula is C15H27NO7S. The Labute approximate surface area is 143 Å². The Morgan fingerprint density at radius 1 is 1.29 bits per heavy atom. The monoisotopic (exact) mass is 365 g/mol. The predicted octanol–water partition coefficient (Wildman–Crippen LogP) is 1.70. The molecule has 2 unspecified atom stereocenters. The van der Waals surface area contributed by atoms with Gasteiger partial charge in [-0.05, 0) is 46.0 Å². The summed E-state index contributed by atoms with van der Waals surface area (Å²) in [6.07, 6.45) is 2.00. The minimum absolute atomic E-state index is 0.0391. The molecule has 0 aromatic carbocycles. The average Bonchev–Trinajstić information content (AvgIpc) is 2.40. The highest BCUT2D eigenvalue weighted by molar-refractivity contribution is 7.85. The van der Waals surface area contributed by atoms with E-state index in [0.717, 1.165) is 6.26 Å². The number of hydrogen-bond acceptors (Lipinski definition) is 6. The van der Waals surface area contributed by atoms with E-state index in [1.165, 1.54) is 4.90 Å². The predicted molar refractivity (Wildman–Crippen MR) is 87.1 cm³/mol. The highest BCUT2D eigenvalue weighted by Gasteiger charge is 2.37. The summed E-state index contributed by atoms with van der Waals surface area (Å²) < 4.78 is 31.8. The molecule has 0 aromatic rings. The molecule has 0 spiro atoms. The van der Waals surface area contributed by atoms with Gasteiger partial charge in [0.25, 0.3) is 10.1 Å². The molecule has 0 bridgehead atoms. The fraction of sp³-hybridized carbons (Fsp3) is 0.867. The van der Waals surface area contributed by atoms with Gasteiger partial charge in [0.05, 0.1) is 18.8 Å². The van der Waals surface area contributed by atoms with Crippen LogP contribution in [0.4, 0.5) is 4.79 Å². The van der Waals surface area contributed by atoms with E-state index in [9.17, 15) is 23.1 Å². The van der Waals surface area contributed by atoms with Crippen LogP contribution in [0.1, 0.15) is 40.0 Å². The first-order valence-corrected chi connectivity index (χ1v) is 9.76. The lowest BCUT2D eigenvalue weighted by molar-refractivity contribution is -0.146. The van der Waals surface area contributed by atoms with E-state index in [0.29, 0.717) is 25.8 Å². The van der Waals surface area contributed by atoms with E-state index in [1.807, 2.05) is 0 Å². The minimum Gasteiger partial charge on any atom is -0.481 e. The molecular weight excluding hydrogens is 338 g/mol. The summed E-state index contributed by atoms with van der Waals surface area (Å²) >= 11 is 0. The van der Waals surface area contributed by atoms with Gasteiger partial charge in [0, 0.05) is 13.1 Å². The van der Waals surface area contributed by atoms with Crippen LogP contribution in [0.15, 0.2) is 0 Å². The van der Waals surface area contributed by atoms with Crippen molar-refractivity contribution in [2.75, 3.05) is 26.0 Å². The molecule has 1 fully saturated rings. The highest BCUT2D eigenvalue weighted by Crippen LogP contribution is 2.29. The molecule has 140 valence electrons. The lowest BCUT2D eigenvalue weighted by Crippen LogP contribution is -2.48. The number of hydrogen-bond donors (Lipinski definition) is 1. The SMILES string of the molecule is CC(C)(C)OC(=O)N1CCC(CCCOS(C)(=O)=O)C(C(=O)O)C1. The number of carbonyl (C=O) groups excluding carboxylic acids is 1. The molecule has 2 atom stereocenters. The largest absolute Gasteiger partial charge is 0.481 e. The van der Waals surface area contributed by atoms with Gasteiger partial charge < -0.3 is 14.7 Å². The molecule has 1 aliphatic rings. The molecule has 0 radical (unpaired) electrons. The van der Waals surface area contributed by atoms with Gasteiger partial charge in [-0.1, -0.05) is 0 Å². The van der Waals surface area contributed by atoms with Crippen LogP contribution in [0, 0.1) is 11.8 Å². The Hall–Kier alpha value is -1.35. The maximum absolute atomic E-state index is 12.1. The zero-order valence-electron chi connectivity index (χ0n) is 14.6. The zero-order valence-corrected chi connectivity index (χ0v) is 15.5. The summed E-state index contributed by atoms with van der Waals surface area (Å²) in [6.45, 7) is 5.84. The average molecular weight is 365 g/mol. The highest BCUT2D eigenvalue weighted by atomic mass is 32.2. The first-order chi connectivity index (χ1) is 10.9. The third-order valence-corrected chi connectivity index (χ3v) is 4.34. The van der Waals surface area contributed by atoms with E-state index in [2.05, 4.69) is 4.18 Å². The second-order valence-corrected chi connectivity index (χ2v) is 8.73. The van der Waals surface area contributed by atoms with Gasteiger partial charge >= 0.3 is 12.1 Å². The maximum Gasteiger partial charge on any atom is 0.410 e. The van der Waals surface area contributed by atoms with Crippen LogP contribution in [0.3, 0.4) is 0 Å². The number of likely N-dealkylation sites (tertiary alicyclic amines) is 1. The third-order valence-electron chi connectivity index (χ3n) is 3.74. The van der Waals surface area contributed by atoms with Crippen LogP contribution >= 0.6 is 0 Å². The second-order valence-electron chi connectivity index (χ2n) is 7.09. The standard InChI is InChI=1S/C15H27NO7S/c1-15(2,3)23-14(19)16-8-7-11(12(10-16)13(17)18)6-5-9-22-24(4,20)21/h11-12H,5-10H2,1-4H3,(H,17,18). The van der Waals surface area contributed by atoms with Gasteiger partial charge in [0.15, 0.2) is 0 Å². The van der Waals surface area contributed by atoms with Crippen molar-refractivity contribution >= 4 is 22.2 Å². The molecule has 0 saturated carbocycles. The van der Waals surface area contributed by atoms with Gasteiger partial charge in [-0.3, -0.25) is 8.98 Å². The van der Waals surface area contributed by atoms with Crippen LogP contribution in [-0.4, -0.2) is 62.0 Å². The molecule has 1 rings (SSSR count). The molecule has 1 aliphatic heterocycles. The van der Waals surface area contributed by atoms with Crippen molar-refractivity contribution in [3.8, 4) is 0 Å². The van der Waals surface area contributed by atoms with E-state index in [1.54, 1.807) is 20.8 Å². The van der Waals surface area contributed by atoms with Crippen molar-refractivity contribution in [1.82, 2.24) is 4.90 Å². The second kappa shape index (κ2) is 8.15. The molecule has 8 nitrogen and oxygen atoms in total. The van der Waals surface area contributed by atoms with Gasteiger partial charge in [0.1, 0.15) is 5.60 Å². The quantitative estimate of drug-likeness (QED) is 0.563.